The molecule has 2 aliphatic heterocycles. The zero-order valence-electron chi connectivity index (χ0n) is 16.5. The lowest BCUT2D eigenvalue weighted by Crippen LogP contribution is -2.63. The molecule has 4 rings (SSSR count). The molecule has 6 heteroatoms. The van der Waals surface area contributed by atoms with Crippen molar-refractivity contribution >= 4 is 22.7 Å². The number of aromatic amines is 1. The Morgan fingerprint density at radius 3 is 2.54 bits per heavy atom. The number of hydrogen-bond donors (Lipinski definition) is 3. The Balaban J connectivity index is 1.48. The van der Waals surface area contributed by atoms with Gasteiger partial charge in [0.2, 0.25) is 0 Å². The van der Waals surface area contributed by atoms with Crippen molar-refractivity contribution in [2.24, 2.45) is 5.73 Å². The third kappa shape index (κ3) is 3.71. The van der Waals surface area contributed by atoms with Gasteiger partial charge in [-0.3, -0.25) is 9.28 Å². The third-order valence-corrected chi connectivity index (χ3v) is 6.70. The summed E-state index contributed by atoms with van der Waals surface area (Å²) in [5, 5.41) is 4.41. The lowest BCUT2D eigenvalue weighted by molar-refractivity contribution is -0.885. The molecule has 0 saturated carbocycles. The molecule has 2 aliphatic rings. The predicted molar refractivity (Wildman–Crippen MR) is 110 cm³/mol. The normalized spacial score (nSPS) is 20.3. The second-order valence-electron chi connectivity index (χ2n) is 8.39. The van der Waals surface area contributed by atoms with Crippen LogP contribution < -0.4 is 11.1 Å². The van der Waals surface area contributed by atoms with Gasteiger partial charge in [-0.05, 0) is 49.4 Å². The van der Waals surface area contributed by atoms with E-state index in [0.717, 1.165) is 61.9 Å². The molecule has 0 bridgehead atoms. The maximum atomic E-state index is 13.4. The van der Waals surface area contributed by atoms with E-state index in [0.29, 0.717) is 28.5 Å². The van der Waals surface area contributed by atoms with Crippen molar-refractivity contribution in [3.8, 4) is 0 Å². The SMILES string of the molecule is NC(=O)c1cc2cc(CCC(=O)[N+]3(C4CCNCC4)CCCCC3)ccc2[nH]1. The lowest BCUT2D eigenvalue weighted by atomic mass is 9.95. The number of primary amides is 1. The Hall–Kier alpha value is -2.18. The van der Waals surface area contributed by atoms with Gasteiger partial charge in [-0.1, -0.05) is 6.07 Å². The van der Waals surface area contributed by atoms with E-state index in [-0.39, 0.29) is 0 Å². The van der Waals surface area contributed by atoms with E-state index < -0.39 is 5.91 Å². The zero-order chi connectivity index (χ0) is 19.6. The minimum Gasteiger partial charge on any atom is -0.364 e. The van der Waals surface area contributed by atoms with Crippen molar-refractivity contribution in [1.82, 2.24) is 10.3 Å². The molecule has 0 aliphatic carbocycles. The Morgan fingerprint density at radius 1 is 1.07 bits per heavy atom. The zero-order valence-corrected chi connectivity index (χ0v) is 16.5. The molecule has 0 spiro atoms. The fraction of sp³-hybridized carbons (Fsp3) is 0.545. The number of carbonyl (C=O) groups excluding carboxylic acids is 2. The summed E-state index contributed by atoms with van der Waals surface area (Å²) < 4.78 is 0.708. The molecule has 150 valence electrons. The number of amides is 2. The Labute approximate surface area is 166 Å². The second-order valence-corrected chi connectivity index (χ2v) is 8.39. The molecule has 2 aromatic rings. The number of rotatable bonds is 5. The van der Waals surface area contributed by atoms with E-state index in [4.69, 9.17) is 5.73 Å². The Morgan fingerprint density at radius 2 is 1.82 bits per heavy atom. The molecule has 3 heterocycles. The molecule has 0 unspecified atom stereocenters. The number of aryl methyl sites for hydroxylation is 1. The number of benzene rings is 1. The van der Waals surface area contributed by atoms with E-state index >= 15 is 0 Å². The van der Waals surface area contributed by atoms with Crippen molar-refractivity contribution < 1.29 is 14.1 Å². The molecule has 0 radical (unpaired) electrons. The fourth-order valence-corrected chi connectivity index (χ4v) is 5.14. The van der Waals surface area contributed by atoms with Crippen LogP contribution in [0.2, 0.25) is 0 Å². The van der Waals surface area contributed by atoms with E-state index in [1.54, 1.807) is 6.07 Å². The topological polar surface area (TPSA) is 88.0 Å². The van der Waals surface area contributed by atoms with E-state index in [2.05, 4.69) is 16.4 Å². The van der Waals surface area contributed by atoms with Crippen molar-refractivity contribution in [1.29, 1.82) is 0 Å². The maximum absolute atomic E-state index is 13.4. The maximum Gasteiger partial charge on any atom is 0.314 e. The van der Waals surface area contributed by atoms with Gasteiger partial charge in [-0.15, -0.1) is 0 Å². The van der Waals surface area contributed by atoms with Gasteiger partial charge in [0.05, 0.1) is 25.6 Å². The first-order valence-corrected chi connectivity index (χ1v) is 10.6. The van der Waals surface area contributed by atoms with Crippen LogP contribution in [0.25, 0.3) is 10.9 Å². The smallest absolute Gasteiger partial charge is 0.314 e. The van der Waals surface area contributed by atoms with Crippen molar-refractivity contribution in [2.75, 3.05) is 26.2 Å². The van der Waals surface area contributed by atoms with E-state index in [1.807, 2.05) is 12.1 Å². The molecule has 1 aromatic carbocycles. The fourth-order valence-electron chi connectivity index (χ4n) is 5.14. The number of quaternary nitrogens is 1. The molecule has 2 amide bonds. The van der Waals surface area contributed by atoms with Gasteiger partial charge in [0, 0.05) is 36.8 Å². The number of fused-ring (bicyclic) bond motifs is 1. The highest BCUT2D eigenvalue weighted by molar-refractivity contribution is 5.97. The van der Waals surface area contributed by atoms with Crippen LogP contribution in [-0.4, -0.2) is 53.5 Å². The van der Waals surface area contributed by atoms with Gasteiger partial charge < -0.3 is 16.0 Å². The monoisotopic (exact) mass is 383 g/mol. The average molecular weight is 384 g/mol. The number of nitrogens with one attached hydrogen (secondary N) is 2. The predicted octanol–water partition coefficient (Wildman–Crippen LogP) is 2.48. The number of aromatic nitrogens is 1. The first kappa shape index (κ1) is 19.2. The summed E-state index contributed by atoms with van der Waals surface area (Å²) in [7, 11) is 0. The number of hydrogen-bond acceptors (Lipinski definition) is 3. The van der Waals surface area contributed by atoms with Crippen LogP contribution in [-0.2, 0) is 11.2 Å². The molecule has 6 nitrogen and oxygen atoms in total. The van der Waals surface area contributed by atoms with Gasteiger partial charge in [-0.2, -0.15) is 0 Å². The van der Waals surface area contributed by atoms with Crippen LogP contribution in [0.3, 0.4) is 0 Å². The summed E-state index contributed by atoms with van der Waals surface area (Å²) in [5.74, 6) is -0.0370. The first-order chi connectivity index (χ1) is 13.6. The van der Waals surface area contributed by atoms with E-state index in [1.165, 1.54) is 19.3 Å². The molecule has 0 atom stereocenters. The summed E-state index contributed by atoms with van der Waals surface area (Å²) in [5.41, 5.74) is 7.82. The van der Waals surface area contributed by atoms with Crippen LogP contribution in [0, 0.1) is 0 Å². The van der Waals surface area contributed by atoms with Crippen LogP contribution in [0.15, 0.2) is 24.3 Å². The van der Waals surface area contributed by atoms with Gasteiger partial charge in [0.25, 0.3) is 5.91 Å². The van der Waals surface area contributed by atoms with Crippen molar-refractivity contribution in [3.63, 3.8) is 0 Å². The largest absolute Gasteiger partial charge is 0.364 e. The Bertz CT molecular complexity index is 861. The summed E-state index contributed by atoms with van der Waals surface area (Å²) >= 11 is 0. The molecule has 1 aromatic heterocycles. The highest BCUT2D eigenvalue weighted by Crippen LogP contribution is 2.30. The van der Waals surface area contributed by atoms with E-state index in [9.17, 15) is 9.59 Å². The quantitative estimate of drug-likeness (QED) is 0.693. The van der Waals surface area contributed by atoms with Crippen LogP contribution in [0.1, 0.15) is 54.6 Å². The van der Waals surface area contributed by atoms with Crippen molar-refractivity contribution in [2.45, 2.75) is 51.0 Å². The number of likely N-dealkylation sites (tertiary alicyclic amines) is 1. The number of carbonyl (C=O) groups is 2. The third-order valence-electron chi connectivity index (χ3n) is 6.70. The molecule has 2 fully saturated rings. The van der Waals surface area contributed by atoms with Gasteiger partial charge in [-0.25, -0.2) is 4.79 Å². The standard InChI is InChI=1S/C22H30N4O2/c23-22(28)20-15-17-14-16(4-6-19(17)25-20)5-7-21(27)26(12-2-1-3-13-26)18-8-10-24-11-9-18/h4,6,14-15,18,24H,1-3,5,7-13H2,(H2-,23,25,28)/p+1. The number of nitrogens with two attached hydrogens (primary N) is 1. The van der Waals surface area contributed by atoms with Gasteiger partial charge in [0.1, 0.15) is 5.69 Å². The number of nitrogens with zero attached hydrogens (tertiary/aromatic N) is 1. The number of piperidine rings is 2. The average Bonchev–Trinajstić information content (AvgIpc) is 3.17. The van der Waals surface area contributed by atoms with Gasteiger partial charge >= 0.3 is 5.91 Å². The lowest BCUT2D eigenvalue weighted by Gasteiger charge is -2.46. The van der Waals surface area contributed by atoms with Crippen LogP contribution >= 0.6 is 0 Å². The summed E-state index contributed by atoms with van der Waals surface area (Å²) in [6.45, 7) is 4.10. The summed E-state index contributed by atoms with van der Waals surface area (Å²) in [4.78, 5) is 27.8. The molecular weight excluding hydrogens is 352 g/mol. The number of H-pyrrole nitrogens is 1. The molecule has 28 heavy (non-hydrogen) atoms. The minimum atomic E-state index is -0.452. The highest BCUT2D eigenvalue weighted by Gasteiger charge is 2.44. The first-order valence-electron chi connectivity index (χ1n) is 10.6. The highest BCUT2D eigenvalue weighted by atomic mass is 16.2. The van der Waals surface area contributed by atoms with Crippen molar-refractivity contribution in [3.05, 3.63) is 35.5 Å². The minimum absolute atomic E-state index is 0.415. The van der Waals surface area contributed by atoms with Crippen LogP contribution in [0.5, 0.6) is 0 Å². The summed E-state index contributed by atoms with van der Waals surface area (Å²) in [6, 6.07) is 8.36. The molecular formula is C22H31N4O2+. The van der Waals surface area contributed by atoms with Gasteiger partial charge in [0.15, 0.2) is 0 Å². The summed E-state index contributed by atoms with van der Waals surface area (Å²) in [6.07, 6.45) is 7.14. The molecule has 2 saturated heterocycles. The molecule has 4 N–H and O–H groups in total. The second kappa shape index (κ2) is 8.05. The Kier molecular flexibility index (Phi) is 5.51. The van der Waals surface area contributed by atoms with Crippen LogP contribution in [0.4, 0.5) is 0 Å².